The van der Waals surface area contributed by atoms with Crippen LogP contribution in [0.2, 0.25) is 0 Å². The van der Waals surface area contributed by atoms with E-state index in [1.54, 1.807) is 12.3 Å². The molecule has 0 fully saturated rings. The van der Waals surface area contributed by atoms with Crippen LogP contribution < -0.4 is 0 Å². The van der Waals surface area contributed by atoms with Crippen molar-refractivity contribution in [3.63, 3.8) is 0 Å². The van der Waals surface area contributed by atoms with Gasteiger partial charge in [0.05, 0.1) is 4.92 Å². The third-order valence-corrected chi connectivity index (χ3v) is 2.31. The van der Waals surface area contributed by atoms with Crippen LogP contribution in [0.25, 0.3) is 11.3 Å². The van der Waals surface area contributed by atoms with Gasteiger partial charge in [0.2, 0.25) is 0 Å². The lowest BCUT2D eigenvalue weighted by atomic mass is 10.1. The van der Waals surface area contributed by atoms with Crippen molar-refractivity contribution in [3.8, 4) is 11.3 Å². The molecule has 1 aromatic heterocycles. The van der Waals surface area contributed by atoms with E-state index in [2.05, 4.69) is 4.98 Å². The maximum atomic E-state index is 10.8. The van der Waals surface area contributed by atoms with Crippen molar-refractivity contribution < 1.29 is 4.92 Å². The molecular formula is C12H10N2O2. The largest absolute Gasteiger partial charge is 0.295 e. The lowest BCUT2D eigenvalue weighted by Gasteiger charge is -2.01. The number of nitro groups is 1. The Labute approximate surface area is 92.7 Å². The average Bonchev–Trinajstić information content (AvgIpc) is 2.30. The second-order valence-electron chi connectivity index (χ2n) is 3.49. The summed E-state index contributed by atoms with van der Waals surface area (Å²) >= 11 is 0. The number of rotatable bonds is 2. The second-order valence-corrected chi connectivity index (χ2v) is 3.49. The summed E-state index contributed by atoms with van der Waals surface area (Å²) in [6, 6.07) is 10.5. The molecule has 2 rings (SSSR count). The van der Waals surface area contributed by atoms with Gasteiger partial charge in [0.15, 0.2) is 0 Å². The topological polar surface area (TPSA) is 56.0 Å². The predicted octanol–water partition coefficient (Wildman–Crippen LogP) is 2.97. The van der Waals surface area contributed by atoms with Crippen LogP contribution in [-0.2, 0) is 0 Å². The SMILES string of the molecule is Cc1ccc(-c2ncccc2[N+](=O)[O-])cc1. The van der Waals surface area contributed by atoms with Crippen molar-refractivity contribution in [2.45, 2.75) is 6.92 Å². The van der Waals surface area contributed by atoms with Gasteiger partial charge < -0.3 is 0 Å². The van der Waals surface area contributed by atoms with E-state index in [0.717, 1.165) is 11.1 Å². The van der Waals surface area contributed by atoms with Gasteiger partial charge in [-0.25, -0.2) is 4.98 Å². The monoisotopic (exact) mass is 214 g/mol. The maximum absolute atomic E-state index is 10.8. The molecule has 2 aromatic rings. The molecular weight excluding hydrogens is 204 g/mol. The molecule has 0 saturated carbocycles. The van der Waals surface area contributed by atoms with Gasteiger partial charge >= 0.3 is 0 Å². The standard InChI is InChI=1S/C12H10N2O2/c1-9-4-6-10(7-5-9)12-11(14(15)16)3-2-8-13-12/h2-8H,1H3. The number of hydrogen-bond donors (Lipinski definition) is 0. The van der Waals surface area contributed by atoms with Crippen LogP contribution in [0.15, 0.2) is 42.6 Å². The van der Waals surface area contributed by atoms with E-state index in [-0.39, 0.29) is 5.69 Å². The number of aryl methyl sites for hydroxylation is 1. The van der Waals surface area contributed by atoms with E-state index in [0.29, 0.717) is 5.69 Å². The fourth-order valence-corrected chi connectivity index (χ4v) is 1.48. The molecule has 0 amide bonds. The number of pyridine rings is 1. The summed E-state index contributed by atoms with van der Waals surface area (Å²) in [4.78, 5) is 14.5. The first-order valence-electron chi connectivity index (χ1n) is 4.85. The molecule has 1 aromatic carbocycles. The minimum Gasteiger partial charge on any atom is -0.258 e. The molecule has 0 N–H and O–H groups in total. The highest BCUT2D eigenvalue weighted by atomic mass is 16.6. The Morgan fingerprint density at radius 3 is 2.50 bits per heavy atom. The second kappa shape index (κ2) is 4.10. The summed E-state index contributed by atoms with van der Waals surface area (Å²) in [5, 5.41) is 10.8. The minimum atomic E-state index is -0.414. The molecule has 1 heterocycles. The minimum absolute atomic E-state index is 0.0337. The van der Waals surface area contributed by atoms with Crippen molar-refractivity contribution in [2.24, 2.45) is 0 Å². The molecule has 0 aliphatic carbocycles. The molecule has 0 saturated heterocycles. The molecule has 0 unspecified atom stereocenters. The Kier molecular flexibility index (Phi) is 2.64. The van der Waals surface area contributed by atoms with Crippen LogP contribution in [0, 0.1) is 17.0 Å². The Hall–Kier alpha value is -2.23. The van der Waals surface area contributed by atoms with Gasteiger partial charge in [0, 0.05) is 17.8 Å². The molecule has 4 heteroatoms. The van der Waals surface area contributed by atoms with Crippen LogP contribution >= 0.6 is 0 Å². The van der Waals surface area contributed by atoms with Crippen LogP contribution in [0.5, 0.6) is 0 Å². The summed E-state index contributed by atoms with van der Waals surface area (Å²) in [5.74, 6) is 0. The van der Waals surface area contributed by atoms with E-state index in [1.165, 1.54) is 6.07 Å². The zero-order valence-electron chi connectivity index (χ0n) is 8.75. The smallest absolute Gasteiger partial charge is 0.258 e. The van der Waals surface area contributed by atoms with Crippen molar-refractivity contribution in [1.82, 2.24) is 4.98 Å². The molecule has 16 heavy (non-hydrogen) atoms. The Morgan fingerprint density at radius 1 is 1.19 bits per heavy atom. The molecule has 4 nitrogen and oxygen atoms in total. The Balaban J connectivity index is 2.55. The van der Waals surface area contributed by atoms with Gasteiger partial charge in [0.1, 0.15) is 5.69 Å². The Morgan fingerprint density at radius 2 is 1.88 bits per heavy atom. The summed E-state index contributed by atoms with van der Waals surface area (Å²) < 4.78 is 0. The van der Waals surface area contributed by atoms with Gasteiger partial charge in [0.25, 0.3) is 5.69 Å². The van der Waals surface area contributed by atoms with Gasteiger partial charge in [-0.1, -0.05) is 29.8 Å². The third kappa shape index (κ3) is 1.91. The molecule has 0 aliphatic rings. The van der Waals surface area contributed by atoms with Gasteiger partial charge in [-0.15, -0.1) is 0 Å². The zero-order valence-corrected chi connectivity index (χ0v) is 8.75. The van der Waals surface area contributed by atoms with Crippen LogP contribution in [-0.4, -0.2) is 9.91 Å². The molecule has 0 atom stereocenters. The number of hydrogen-bond acceptors (Lipinski definition) is 3. The zero-order chi connectivity index (χ0) is 11.5. The van der Waals surface area contributed by atoms with Crippen LogP contribution in [0.3, 0.4) is 0 Å². The first kappa shape index (κ1) is 10.3. The van der Waals surface area contributed by atoms with E-state index in [4.69, 9.17) is 0 Å². The number of nitrogens with zero attached hydrogens (tertiary/aromatic N) is 2. The first-order valence-corrected chi connectivity index (χ1v) is 4.85. The first-order chi connectivity index (χ1) is 7.68. The summed E-state index contributed by atoms with van der Waals surface area (Å²) in [5.41, 5.74) is 2.32. The average molecular weight is 214 g/mol. The van der Waals surface area contributed by atoms with E-state index in [9.17, 15) is 10.1 Å². The highest BCUT2D eigenvalue weighted by molar-refractivity contribution is 5.69. The molecule has 0 spiro atoms. The number of aromatic nitrogens is 1. The normalized spacial score (nSPS) is 10.1. The lowest BCUT2D eigenvalue weighted by Crippen LogP contribution is -1.93. The Bertz CT molecular complexity index is 521. The van der Waals surface area contributed by atoms with Crippen LogP contribution in [0.4, 0.5) is 5.69 Å². The molecule has 0 bridgehead atoms. The summed E-state index contributed by atoms with van der Waals surface area (Å²) in [6.07, 6.45) is 1.56. The molecule has 80 valence electrons. The fraction of sp³-hybridized carbons (Fsp3) is 0.0833. The quantitative estimate of drug-likeness (QED) is 0.570. The number of benzene rings is 1. The van der Waals surface area contributed by atoms with Crippen molar-refractivity contribution in [3.05, 3.63) is 58.3 Å². The molecule has 0 aliphatic heterocycles. The van der Waals surface area contributed by atoms with E-state index >= 15 is 0 Å². The predicted molar refractivity (Wildman–Crippen MR) is 61.1 cm³/mol. The van der Waals surface area contributed by atoms with Crippen molar-refractivity contribution in [2.75, 3.05) is 0 Å². The van der Waals surface area contributed by atoms with Gasteiger partial charge in [-0.05, 0) is 13.0 Å². The highest BCUT2D eigenvalue weighted by Crippen LogP contribution is 2.26. The van der Waals surface area contributed by atoms with E-state index < -0.39 is 4.92 Å². The summed E-state index contributed by atoms with van der Waals surface area (Å²) in [6.45, 7) is 1.97. The summed E-state index contributed by atoms with van der Waals surface area (Å²) in [7, 11) is 0. The third-order valence-electron chi connectivity index (χ3n) is 2.31. The van der Waals surface area contributed by atoms with Gasteiger partial charge in [-0.3, -0.25) is 10.1 Å². The maximum Gasteiger partial charge on any atom is 0.295 e. The van der Waals surface area contributed by atoms with Crippen molar-refractivity contribution >= 4 is 5.69 Å². The molecule has 0 radical (unpaired) electrons. The van der Waals surface area contributed by atoms with Gasteiger partial charge in [-0.2, -0.15) is 0 Å². The highest BCUT2D eigenvalue weighted by Gasteiger charge is 2.15. The van der Waals surface area contributed by atoms with Crippen LogP contribution in [0.1, 0.15) is 5.56 Å². The van der Waals surface area contributed by atoms with E-state index in [1.807, 2.05) is 31.2 Å². The fourth-order valence-electron chi connectivity index (χ4n) is 1.48. The van der Waals surface area contributed by atoms with Crippen molar-refractivity contribution in [1.29, 1.82) is 0 Å². The lowest BCUT2D eigenvalue weighted by molar-refractivity contribution is -0.384.